The smallest absolute Gasteiger partial charge is 0.328 e. The molecule has 8 nitrogen and oxygen atoms in total. The van der Waals surface area contributed by atoms with E-state index < -0.39 is 23.6 Å². The summed E-state index contributed by atoms with van der Waals surface area (Å²) in [5.41, 5.74) is 1.21. The molecular weight excluding hydrogens is 528 g/mol. The van der Waals surface area contributed by atoms with Crippen LogP contribution in [0.15, 0.2) is 91.0 Å². The quantitative estimate of drug-likeness (QED) is 0.305. The van der Waals surface area contributed by atoms with Gasteiger partial charge < -0.3 is 9.64 Å². The standard InChI is InChI=1S/C31H34N4O4.ClH/c1-24(36)39-28(22-33-18-20-34(21-19-33)27-16-10-5-11-17-27)23-35-30(38)32(2)29(37)31(35,25-12-6-3-7-13-25)26-14-8-4-9-15-26;/h3-17,28H,18-23H2,1-2H3;1H. The highest BCUT2D eigenvalue weighted by molar-refractivity contribution is 6.09. The van der Waals surface area contributed by atoms with Crippen molar-refractivity contribution < 1.29 is 19.1 Å². The van der Waals surface area contributed by atoms with E-state index >= 15 is 0 Å². The second kappa shape index (κ2) is 12.5. The van der Waals surface area contributed by atoms with E-state index in [2.05, 4.69) is 21.9 Å². The van der Waals surface area contributed by atoms with Crippen LogP contribution in [0.2, 0.25) is 0 Å². The largest absolute Gasteiger partial charge is 0.459 e. The van der Waals surface area contributed by atoms with E-state index in [-0.39, 0.29) is 24.9 Å². The van der Waals surface area contributed by atoms with Crippen LogP contribution in [0.3, 0.4) is 0 Å². The van der Waals surface area contributed by atoms with Crippen LogP contribution in [0, 0.1) is 0 Å². The number of halogens is 1. The fraction of sp³-hybridized carbons (Fsp3) is 0.323. The number of urea groups is 1. The number of anilines is 1. The van der Waals surface area contributed by atoms with E-state index in [0.717, 1.165) is 26.2 Å². The summed E-state index contributed by atoms with van der Waals surface area (Å²) in [7, 11) is 1.51. The maximum Gasteiger partial charge on any atom is 0.328 e. The van der Waals surface area contributed by atoms with E-state index in [1.165, 1.54) is 24.6 Å². The lowest BCUT2D eigenvalue weighted by molar-refractivity contribution is -0.148. The molecular formula is C31H35ClN4O4. The molecule has 9 heteroatoms. The number of piperazine rings is 1. The van der Waals surface area contributed by atoms with Crippen molar-refractivity contribution in [3.8, 4) is 0 Å². The lowest BCUT2D eigenvalue weighted by atomic mass is 9.81. The molecule has 0 radical (unpaired) electrons. The normalized spacial score (nSPS) is 17.9. The summed E-state index contributed by atoms with van der Waals surface area (Å²) < 4.78 is 5.79. The molecule has 0 N–H and O–H groups in total. The van der Waals surface area contributed by atoms with Crippen LogP contribution in [0.25, 0.3) is 0 Å². The number of amides is 3. The van der Waals surface area contributed by atoms with Gasteiger partial charge in [-0.25, -0.2) is 4.79 Å². The number of imide groups is 1. The molecule has 2 aliphatic rings. The van der Waals surface area contributed by atoms with Gasteiger partial charge in [-0.3, -0.25) is 24.3 Å². The van der Waals surface area contributed by atoms with Crippen LogP contribution in [0.1, 0.15) is 18.1 Å². The van der Waals surface area contributed by atoms with Gasteiger partial charge in [-0.05, 0) is 23.3 Å². The van der Waals surface area contributed by atoms with Crippen LogP contribution in [0.5, 0.6) is 0 Å². The molecule has 3 aromatic carbocycles. The SMILES string of the molecule is CC(=O)OC(CN1CCN(c2ccccc2)CC1)CN1C(=O)N(C)C(=O)C1(c1ccccc1)c1ccccc1.Cl. The molecule has 0 aliphatic carbocycles. The molecule has 210 valence electrons. The van der Waals surface area contributed by atoms with Gasteiger partial charge in [0.25, 0.3) is 5.91 Å². The summed E-state index contributed by atoms with van der Waals surface area (Å²) in [5, 5.41) is 0. The Bertz CT molecular complexity index is 1260. The summed E-state index contributed by atoms with van der Waals surface area (Å²) in [5.74, 6) is -0.748. The van der Waals surface area contributed by atoms with Gasteiger partial charge in [0.1, 0.15) is 6.10 Å². The Morgan fingerprint density at radius 1 is 0.800 bits per heavy atom. The second-order valence-electron chi connectivity index (χ2n) is 10.1. The molecule has 3 aromatic rings. The Kier molecular flexibility index (Phi) is 9.12. The van der Waals surface area contributed by atoms with Gasteiger partial charge in [-0.1, -0.05) is 78.9 Å². The van der Waals surface area contributed by atoms with Crippen molar-refractivity contribution in [1.82, 2.24) is 14.7 Å². The van der Waals surface area contributed by atoms with E-state index in [1.807, 2.05) is 78.9 Å². The number of hydrogen-bond donors (Lipinski definition) is 0. The van der Waals surface area contributed by atoms with Gasteiger partial charge in [0.05, 0.1) is 6.54 Å². The number of para-hydroxylation sites is 1. The summed E-state index contributed by atoms with van der Waals surface area (Å²) in [4.78, 5) is 47.1. The third kappa shape index (κ3) is 5.55. The molecule has 40 heavy (non-hydrogen) atoms. The molecule has 2 aliphatic heterocycles. The van der Waals surface area contributed by atoms with Crippen LogP contribution in [0.4, 0.5) is 10.5 Å². The van der Waals surface area contributed by atoms with Crippen LogP contribution < -0.4 is 4.90 Å². The summed E-state index contributed by atoms with van der Waals surface area (Å²) in [6, 6.07) is 28.6. The number of carbonyl (C=O) groups excluding carboxylic acids is 3. The minimum Gasteiger partial charge on any atom is -0.459 e. The number of benzene rings is 3. The van der Waals surface area contributed by atoms with Crippen molar-refractivity contribution in [3.63, 3.8) is 0 Å². The Morgan fingerprint density at radius 2 is 1.30 bits per heavy atom. The van der Waals surface area contributed by atoms with Crippen LogP contribution >= 0.6 is 12.4 Å². The average molecular weight is 563 g/mol. The van der Waals surface area contributed by atoms with Crippen molar-refractivity contribution in [2.45, 2.75) is 18.6 Å². The second-order valence-corrected chi connectivity index (χ2v) is 10.1. The third-order valence-electron chi connectivity index (χ3n) is 7.59. The summed E-state index contributed by atoms with van der Waals surface area (Å²) >= 11 is 0. The first-order valence-electron chi connectivity index (χ1n) is 13.3. The van der Waals surface area contributed by atoms with Gasteiger partial charge in [-0.2, -0.15) is 0 Å². The highest BCUT2D eigenvalue weighted by Crippen LogP contribution is 2.43. The van der Waals surface area contributed by atoms with Crippen molar-refractivity contribution in [1.29, 1.82) is 0 Å². The molecule has 1 atom stereocenters. The van der Waals surface area contributed by atoms with E-state index in [1.54, 1.807) is 4.90 Å². The zero-order valence-corrected chi connectivity index (χ0v) is 23.6. The predicted octanol–water partition coefficient (Wildman–Crippen LogP) is 4.00. The van der Waals surface area contributed by atoms with Crippen molar-refractivity contribution >= 4 is 36.0 Å². The van der Waals surface area contributed by atoms with Crippen molar-refractivity contribution in [2.75, 3.05) is 51.2 Å². The first-order valence-corrected chi connectivity index (χ1v) is 13.3. The fourth-order valence-corrected chi connectivity index (χ4v) is 5.75. The molecule has 0 spiro atoms. The Hall–Kier alpha value is -3.88. The monoisotopic (exact) mass is 562 g/mol. The molecule has 0 saturated carbocycles. The predicted molar refractivity (Wildman–Crippen MR) is 156 cm³/mol. The molecule has 3 amide bonds. The first kappa shape index (κ1) is 29.1. The molecule has 0 aromatic heterocycles. The van der Waals surface area contributed by atoms with Crippen LogP contribution in [-0.4, -0.2) is 85.0 Å². The van der Waals surface area contributed by atoms with Crippen LogP contribution in [-0.2, 0) is 19.9 Å². The number of esters is 1. The molecule has 2 saturated heterocycles. The first-order chi connectivity index (χ1) is 18.9. The lowest BCUT2D eigenvalue weighted by Crippen LogP contribution is -2.54. The highest BCUT2D eigenvalue weighted by Gasteiger charge is 2.58. The molecule has 5 rings (SSSR count). The Morgan fingerprint density at radius 3 is 1.80 bits per heavy atom. The van der Waals surface area contributed by atoms with E-state index in [9.17, 15) is 14.4 Å². The Labute approximate surface area is 241 Å². The highest BCUT2D eigenvalue weighted by atomic mass is 35.5. The number of hydrogen-bond acceptors (Lipinski definition) is 6. The number of likely N-dealkylation sites (N-methyl/N-ethyl adjacent to an activating group) is 1. The lowest BCUT2D eigenvalue weighted by Gasteiger charge is -2.40. The fourth-order valence-electron chi connectivity index (χ4n) is 5.75. The third-order valence-corrected chi connectivity index (χ3v) is 7.59. The van der Waals surface area contributed by atoms with Gasteiger partial charge in [0, 0.05) is 52.4 Å². The Balaban J connectivity index is 0.00000370. The number of nitrogens with zero attached hydrogens (tertiary/aromatic N) is 4. The summed E-state index contributed by atoms with van der Waals surface area (Å²) in [6.45, 7) is 5.20. The van der Waals surface area contributed by atoms with Gasteiger partial charge in [0.2, 0.25) is 0 Å². The molecule has 0 bridgehead atoms. The zero-order chi connectivity index (χ0) is 27.4. The number of ether oxygens (including phenoxy) is 1. The van der Waals surface area contributed by atoms with Crippen molar-refractivity contribution in [3.05, 3.63) is 102 Å². The topological polar surface area (TPSA) is 73.4 Å². The van der Waals surface area contributed by atoms with E-state index in [0.29, 0.717) is 17.7 Å². The molecule has 2 heterocycles. The number of rotatable bonds is 8. The number of carbonyl (C=O) groups is 3. The minimum absolute atomic E-state index is 0. The van der Waals surface area contributed by atoms with Gasteiger partial charge in [0.15, 0.2) is 5.54 Å². The molecule has 1 unspecified atom stereocenters. The minimum atomic E-state index is -1.36. The molecule has 2 fully saturated rings. The maximum absolute atomic E-state index is 14.0. The summed E-state index contributed by atoms with van der Waals surface area (Å²) in [6.07, 6.45) is -0.610. The average Bonchev–Trinajstić information content (AvgIpc) is 3.15. The van der Waals surface area contributed by atoms with Crippen molar-refractivity contribution in [2.24, 2.45) is 0 Å². The van der Waals surface area contributed by atoms with E-state index in [4.69, 9.17) is 4.74 Å². The van der Waals surface area contributed by atoms with Gasteiger partial charge in [-0.15, -0.1) is 12.4 Å². The maximum atomic E-state index is 14.0. The zero-order valence-electron chi connectivity index (χ0n) is 22.8. The van der Waals surface area contributed by atoms with Gasteiger partial charge >= 0.3 is 12.0 Å².